The van der Waals surface area contributed by atoms with Crippen molar-refractivity contribution in [1.82, 2.24) is 20.2 Å². The molecule has 0 atom stereocenters. The zero-order chi connectivity index (χ0) is 23.1. The predicted octanol–water partition coefficient (Wildman–Crippen LogP) is 5.61. The van der Waals surface area contributed by atoms with Crippen molar-refractivity contribution in [3.8, 4) is 0 Å². The Morgan fingerprint density at radius 3 is 2.15 bits per heavy atom. The molecule has 2 N–H and O–H groups in total. The van der Waals surface area contributed by atoms with E-state index in [4.69, 9.17) is 0 Å². The van der Waals surface area contributed by atoms with Gasteiger partial charge in [-0.3, -0.25) is 0 Å². The number of hydrogen-bond acceptors (Lipinski definition) is 4. The van der Waals surface area contributed by atoms with E-state index in [-0.39, 0.29) is 0 Å². The van der Waals surface area contributed by atoms with E-state index in [1.807, 2.05) is 6.20 Å². The quantitative estimate of drug-likeness (QED) is 0.280. The van der Waals surface area contributed by atoms with Gasteiger partial charge in [0.25, 0.3) is 0 Å². The lowest BCUT2D eigenvalue weighted by Crippen LogP contribution is -2.28. The fourth-order valence-electron chi connectivity index (χ4n) is 4.25. The maximum atomic E-state index is 4.26. The highest BCUT2D eigenvalue weighted by Gasteiger charge is 2.09. The Balaban J connectivity index is 1.50. The second kappa shape index (κ2) is 14.5. The topological polar surface area (TPSA) is 47.2 Å². The average Bonchev–Trinajstić information content (AvgIpc) is 3.36. The molecule has 0 radical (unpaired) electrons. The summed E-state index contributed by atoms with van der Waals surface area (Å²) in [6, 6.07) is 19.8. The molecule has 33 heavy (non-hydrogen) atoms. The van der Waals surface area contributed by atoms with E-state index >= 15 is 0 Å². The molecule has 178 valence electrons. The molecule has 1 aromatic heterocycles. The summed E-state index contributed by atoms with van der Waals surface area (Å²) in [5.74, 6) is 0.970. The van der Waals surface area contributed by atoms with Crippen molar-refractivity contribution in [2.75, 3.05) is 31.1 Å². The van der Waals surface area contributed by atoms with Gasteiger partial charge < -0.3 is 20.1 Å². The highest BCUT2D eigenvalue weighted by atomic mass is 15.1. The maximum absolute atomic E-state index is 4.26. The van der Waals surface area contributed by atoms with E-state index < -0.39 is 0 Å². The summed E-state index contributed by atoms with van der Waals surface area (Å²) in [5.41, 5.74) is 3.96. The Labute approximate surface area is 200 Å². The fourth-order valence-corrected chi connectivity index (χ4v) is 4.25. The second-order valence-electron chi connectivity index (χ2n) is 8.76. The number of H-pyrrole nitrogens is 1. The standard InChI is InChI=1S/C28H41N5/c1-3-18-32(19-4-2)20-8-9-21-33(27-10-6-5-7-11-27)24-26-14-12-25(13-15-26)22-29-23-28-30-16-17-31-28/h5-7,10-17,29H,3-4,8-9,18-24H2,1-2H3,(H,30,31). The van der Waals surface area contributed by atoms with Crippen LogP contribution in [0.2, 0.25) is 0 Å². The van der Waals surface area contributed by atoms with Crippen LogP contribution in [-0.4, -0.2) is 41.0 Å². The number of hydrogen-bond donors (Lipinski definition) is 2. The van der Waals surface area contributed by atoms with Gasteiger partial charge >= 0.3 is 0 Å². The molecule has 0 bridgehead atoms. The molecule has 5 nitrogen and oxygen atoms in total. The monoisotopic (exact) mass is 447 g/mol. The zero-order valence-electron chi connectivity index (χ0n) is 20.5. The van der Waals surface area contributed by atoms with Gasteiger partial charge in [-0.2, -0.15) is 0 Å². The van der Waals surface area contributed by atoms with Crippen molar-refractivity contribution in [1.29, 1.82) is 0 Å². The van der Waals surface area contributed by atoms with Crippen LogP contribution in [0.4, 0.5) is 5.69 Å². The first-order valence-corrected chi connectivity index (χ1v) is 12.6. The van der Waals surface area contributed by atoms with Crippen molar-refractivity contribution >= 4 is 5.69 Å². The van der Waals surface area contributed by atoms with Crippen LogP contribution in [0.15, 0.2) is 67.0 Å². The number of aromatic nitrogens is 2. The molecule has 5 heteroatoms. The molecule has 3 rings (SSSR count). The van der Waals surface area contributed by atoms with Crippen LogP contribution in [0.3, 0.4) is 0 Å². The lowest BCUT2D eigenvalue weighted by Gasteiger charge is -2.26. The third-order valence-corrected chi connectivity index (χ3v) is 5.93. The molecule has 0 saturated heterocycles. The van der Waals surface area contributed by atoms with Crippen molar-refractivity contribution < 1.29 is 0 Å². The van der Waals surface area contributed by atoms with Crippen molar-refractivity contribution in [3.63, 3.8) is 0 Å². The summed E-state index contributed by atoms with van der Waals surface area (Å²) in [6.45, 7) is 11.8. The van der Waals surface area contributed by atoms with Crippen molar-refractivity contribution in [2.45, 2.75) is 59.2 Å². The number of anilines is 1. The van der Waals surface area contributed by atoms with E-state index in [9.17, 15) is 0 Å². The smallest absolute Gasteiger partial charge is 0.120 e. The molecule has 1 heterocycles. The largest absolute Gasteiger partial charge is 0.367 e. The minimum absolute atomic E-state index is 0.754. The lowest BCUT2D eigenvalue weighted by atomic mass is 10.1. The fraction of sp³-hybridized carbons (Fsp3) is 0.464. The SMILES string of the molecule is CCCN(CCC)CCCCN(Cc1ccc(CNCc2ncc[nH]2)cc1)c1ccccc1. The predicted molar refractivity (Wildman–Crippen MR) is 139 cm³/mol. The molecular weight excluding hydrogens is 406 g/mol. The van der Waals surface area contributed by atoms with Crippen LogP contribution < -0.4 is 10.2 Å². The number of benzene rings is 2. The Morgan fingerprint density at radius 1 is 0.788 bits per heavy atom. The lowest BCUT2D eigenvalue weighted by molar-refractivity contribution is 0.269. The zero-order valence-corrected chi connectivity index (χ0v) is 20.5. The third kappa shape index (κ3) is 9.03. The number of imidazole rings is 1. The first kappa shape index (κ1) is 25.0. The van der Waals surface area contributed by atoms with Crippen LogP contribution >= 0.6 is 0 Å². The van der Waals surface area contributed by atoms with Crippen LogP contribution in [0, 0.1) is 0 Å². The van der Waals surface area contributed by atoms with Gasteiger partial charge in [-0.15, -0.1) is 0 Å². The van der Waals surface area contributed by atoms with Gasteiger partial charge in [0.1, 0.15) is 5.82 Å². The van der Waals surface area contributed by atoms with E-state index in [2.05, 4.69) is 93.5 Å². The normalized spacial score (nSPS) is 11.2. The Morgan fingerprint density at radius 2 is 1.48 bits per heavy atom. The number of nitrogens with zero attached hydrogens (tertiary/aromatic N) is 3. The van der Waals surface area contributed by atoms with Gasteiger partial charge in [0.15, 0.2) is 0 Å². The minimum atomic E-state index is 0.754. The van der Waals surface area contributed by atoms with Crippen LogP contribution in [0.25, 0.3) is 0 Å². The van der Waals surface area contributed by atoms with E-state index in [0.717, 1.165) is 32.0 Å². The maximum Gasteiger partial charge on any atom is 0.120 e. The summed E-state index contributed by atoms with van der Waals surface area (Å²) in [4.78, 5) is 12.5. The van der Waals surface area contributed by atoms with Crippen molar-refractivity contribution in [3.05, 3.63) is 83.9 Å². The third-order valence-electron chi connectivity index (χ3n) is 5.93. The molecule has 0 amide bonds. The molecule has 0 aliphatic heterocycles. The van der Waals surface area contributed by atoms with E-state index in [1.54, 1.807) is 6.20 Å². The van der Waals surface area contributed by atoms with E-state index in [0.29, 0.717) is 0 Å². The molecule has 0 aliphatic rings. The molecule has 0 spiro atoms. The Hall–Kier alpha value is -2.63. The van der Waals surface area contributed by atoms with Gasteiger partial charge in [-0.25, -0.2) is 4.98 Å². The molecule has 0 saturated carbocycles. The first-order valence-electron chi connectivity index (χ1n) is 12.6. The highest BCUT2D eigenvalue weighted by Crippen LogP contribution is 2.18. The van der Waals surface area contributed by atoms with Gasteiger partial charge in [-0.05, 0) is 68.6 Å². The summed E-state index contributed by atoms with van der Waals surface area (Å²) in [6.07, 6.45) is 8.60. The Kier molecular flexibility index (Phi) is 11.0. The summed E-state index contributed by atoms with van der Waals surface area (Å²) < 4.78 is 0. The Bertz CT molecular complexity index is 855. The summed E-state index contributed by atoms with van der Waals surface area (Å²) >= 11 is 0. The molecule has 0 unspecified atom stereocenters. The number of unbranched alkanes of at least 4 members (excludes halogenated alkanes) is 1. The first-order chi connectivity index (χ1) is 16.3. The van der Waals surface area contributed by atoms with Gasteiger partial charge in [-0.1, -0.05) is 56.3 Å². The number of para-hydroxylation sites is 1. The van der Waals surface area contributed by atoms with E-state index in [1.165, 1.54) is 62.1 Å². The number of rotatable bonds is 16. The minimum Gasteiger partial charge on any atom is -0.367 e. The van der Waals surface area contributed by atoms with Crippen LogP contribution in [0.5, 0.6) is 0 Å². The summed E-state index contributed by atoms with van der Waals surface area (Å²) in [5, 5.41) is 3.44. The van der Waals surface area contributed by atoms with Gasteiger partial charge in [0.05, 0.1) is 6.54 Å². The number of aromatic amines is 1. The highest BCUT2D eigenvalue weighted by molar-refractivity contribution is 5.46. The number of nitrogens with one attached hydrogen (secondary N) is 2. The summed E-state index contributed by atoms with van der Waals surface area (Å²) in [7, 11) is 0. The molecule has 0 fully saturated rings. The molecule has 0 aliphatic carbocycles. The van der Waals surface area contributed by atoms with Gasteiger partial charge in [0.2, 0.25) is 0 Å². The second-order valence-corrected chi connectivity index (χ2v) is 8.76. The van der Waals surface area contributed by atoms with Crippen LogP contribution in [0.1, 0.15) is 56.5 Å². The molecule has 3 aromatic rings. The van der Waals surface area contributed by atoms with Crippen molar-refractivity contribution in [2.24, 2.45) is 0 Å². The molecule has 2 aromatic carbocycles. The van der Waals surface area contributed by atoms with Gasteiger partial charge in [0, 0.05) is 37.7 Å². The average molecular weight is 448 g/mol. The molecular formula is C28H41N5. The van der Waals surface area contributed by atoms with Crippen LogP contribution in [-0.2, 0) is 19.6 Å².